The van der Waals surface area contributed by atoms with Crippen molar-refractivity contribution in [3.8, 4) is 0 Å². The molecule has 0 unspecified atom stereocenters. The third kappa shape index (κ3) is 5.32. The third-order valence-corrected chi connectivity index (χ3v) is 7.11. The quantitative estimate of drug-likeness (QED) is 0.631. The molecule has 1 aromatic carbocycles. The predicted octanol–water partition coefficient (Wildman–Crippen LogP) is 5.12. The molecule has 0 saturated heterocycles. The summed E-state index contributed by atoms with van der Waals surface area (Å²) in [5.41, 5.74) is 1.31. The number of alkyl halides is 1. The standard InChI is InChI=1S/C22H30ClNOS/c1-16-11-12-18(26-16)9-6-10-19-20(22(25)13-21(19)23)15-24(2)14-17-7-4-3-5-8-17/h3-5,7-8,11-12,19-22,25H,6,9-10,13-15H2,1-2H3/t19-,20-,21-,22-/m1/s1. The number of thiophene rings is 1. The maximum atomic E-state index is 10.6. The van der Waals surface area contributed by atoms with Gasteiger partial charge in [-0.25, -0.2) is 0 Å². The van der Waals surface area contributed by atoms with Crippen molar-refractivity contribution in [3.05, 3.63) is 57.8 Å². The van der Waals surface area contributed by atoms with Gasteiger partial charge in [-0.3, -0.25) is 0 Å². The van der Waals surface area contributed by atoms with E-state index in [1.165, 1.54) is 15.3 Å². The van der Waals surface area contributed by atoms with Gasteiger partial charge in [-0.15, -0.1) is 22.9 Å². The maximum Gasteiger partial charge on any atom is 0.0598 e. The minimum atomic E-state index is -0.273. The van der Waals surface area contributed by atoms with Crippen LogP contribution in [0.15, 0.2) is 42.5 Å². The molecule has 0 bridgehead atoms. The highest BCUT2D eigenvalue weighted by molar-refractivity contribution is 7.11. The highest BCUT2D eigenvalue weighted by Gasteiger charge is 2.41. The van der Waals surface area contributed by atoms with Crippen LogP contribution in [0.4, 0.5) is 0 Å². The van der Waals surface area contributed by atoms with E-state index in [1.54, 1.807) is 0 Å². The number of hydrogen-bond acceptors (Lipinski definition) is 3. The van der Waals surface area contributed by atoms with Crippen LogP contribution in [0.1, 0.15) is 34.6 Å². The Hall–Kier alpha value is -0.870. The zero-order valence-electron chi connectivity index (χ0n) is 15.8. The number of benzene rings is 1. The van der Waals surface area contributed by atoms with Gasteiger partial charge in [0.25, 0.3) is 0 Å². The highest BCUT2D eigenvalue weighted by Crippen LogP contribution is 2.40. The first kappa shape index (κ1) is 19.9. The van der Waals surface area contributed by atoms with Crippen LogP contribution in [0.3, 0.4) is 0 Å². The van der Waals surface area contributed by atoms with Crippen molar-refractivity contribution in [3.63, 3.8) is 0 Å². The van der Waals surface area contributed by atoms with Gasteiger partial charge in [-0.05, 0) is 63.3 Å². The maximum absolute atomic E-state index is 10.6. The van der Waals surface area contributed by atoms with E-state index in [0.717, 1.165) is 38.8 Å². The normalized spacial score (nSPS) is 25.9. The van der Waals surface area contributed by atoms with E-state index in [2.05, 4.69) is 55.3 Å². The number of halogens is 1. The van der Waals surface area contributed by atoms with Crippen molar-refractivity contribution < 1.29 is 5.11 Å². The molecule has 1 heterocycles. The second-order valence-electron chi connectivity index (χ2n) is 7.73. The molecule has 0 amide bonds. The molecule has 142 valence electrons. The number of hydrogen-bond donors (Lipinski definition) is 1. The fourth-order valence-corrected chi connectivity index (χ4v) is 5.66. The average Bonchev–Trinajstić information content (AvgIpc) is 3.13. The van der Waals surface area contributed by atoms with Crippen molar-refractivity contribution >= 4 is 22.9 Å². The Bertz CT molecular complexity index is 674. The second kappa shape index (κ2) is 9.36. The molecule has 0 spiro atoms. The van der Waals surface area contributed by atoms with Crippen molar-refractivity contribution in [2.45, 2.75) is 50.6 Å². The van der Waals surface area contributed by atoms with Gasteiger partial charge in [0, 0.05) is 34.1 Å². The van der Waals surface area contributed by atoms with Gasteiger partial charge in [0.2, 0.25) is 0 Å². The van der Waals surface area contributed by atoms with Gasteiger partial charge in [0.1, 0.15) is 0 Å². The Morgan fingerprint density at radius 2 is 1.92 bits per heavy atom. The van der Waals surface area contributed by atoms with E-state index in [-0.39, 0.29) is 17.4 Å². The molecule has 1 aliphatic rings. The zero-order valence-corrected chi connectivity index (χ0v) is 17.3. The number of aliphatic hydroxyl groups excluding tert-OH is 1. The van der Waals surface area contributed by atoms with E-state index in [9.17, 15) is 5.11 Å². The van der Waals surface area contributed by atoms with Crippen LogP contribution in [0.5, 0.6) is 0 Å². The molecular weight excluding hydrogens is 362 g/mol. The Kier molecular flexibility index (Phi) is 7.16. The van der Waals surface area contributed by atoms with E-state index < -0.39 is 0 Å². The summed E-state index contributed by atoms with van der Waals surface area (Å²) in [6, 6.07) is 15.0. The molecule has 26 heavy (non-hydrogen) atoms. The van der Waals surface area contributed by atoms with E-state index in [0.29, 0.717) is 5.92 Å². The number of nitrogens with zero attached hydrogens (tertiary/aromatic N) is 1. The summed E-state index contributed by atoms with van der Waals surface area (Å²) < 4.78 is 0. The highest BCUT2D eigenvalue weighted by atomic mass is 35.5. The van der Waals surface area contributed by atoms with Crippen molar-refractivity contribution in [2.24, 2.45) is 11.8 Å². The number of aliphatic hydroxyl groups is 1. The first-order chi connectivity index (χ1) is 12.5. The van der Waals surface area contributed by atoms with E-state index >= 15 is 0 Å². The Morgan fingerprint density at radius 1 is 1.15 bits per heavy atom. The molecule has 1 aromatic heterocycles. The fraction of sp³-hybridized carbons (Fsp3) is 0.545. The summed E-state index contributed by atoms with van der Waals surface area (Å²) in [5.74, 6) is 0.683. The average molecular weight is 392 g/mol. The molecule has 4 heteroatoms. The van der Waals surface area contributed by atoms with Gasteiger partial charge in [0.05, 0.1) is 6.10 Å². The summed E-state index contributed by atoms with van der Waals surface area (Å²) in [5, 5.41) is 10.7. The predicted molar refractivity (Wildman–Crippen MR) is 112 cm³/mol. The molecule has 1 N–H and O–H groups in total. The Morgan fingerprint density at radius 3 is 2.62 bits per heavy atom. The molecule has 0 radical (unpaired) electrons. The van der Waals surface area contributed by atoms with Crippen LogP contribution in [-0.4, -0.2) is 35.1 Å². The summed E-state index contributed by atoms with van der Waals surface area (Å²) >= 11 is 8.52. The van der Waals surface area contributed by atoms with Gasteiger partial charge in [-0.1, -0.05) is 30.3 Å². The van der Waals surface area contributed by atoms with Crippen LogP contribution in [0, 0.1) is 18.8 Å². The third-order valence-electron chi connectivity index (χ3n) is 5.55. The molecule has 1 aliphatic carbocycles. The van der Waals surface area contributed by atoms with E-state index in [4.69, 9.17) is 11.6 Å². The first-order valence-corrected chi connectivity index (χ1v) is 10.9. The monoisotopic (exact) mass is 391 g/mol. The lowest BCUT2D eigenvalue weighted by molar-refractivity contribution is 0.0879. The Balaban J connectivity index is 1.53. The van der Waals surface area contributed by atoms with Crippen LogP contribution in [-0.2, 0) is 13.0 Å². The lowest BCUT2D eigenvalue weighted by atomic mass is 9.89. The van der Waals surface area contributed by atoms with Gasteiger partial charge >= 0.3 is 0 Å². The van der Waals surface area contributed by atoms with Crippen LogP contribution >= 0.6 is 22.9 Å². The lowest BCUT2D eigenvalue weighted by Gasteiger charge is -2.28. The molecule has 4 atom stereocenters. The SMILES string of the molecule is Cc1ccc(CCC[C@@H]2[C@@H](CN(C)Cc3ccccc3)[C@H](O)C[C@H]2Cl)s1. The van der Waals surface area contributed by atoms with Gasteiger partial charge < -0.3 is 10.0 Å². The molecule has 1 saturated carbocycles. The zero-order chi connectivity index (χ0) is 18.5. The topological polar surface area (TPSA) is 23.5 Å². The first-order valence-electron chi connectivity index (χ1n) is 9.63. The van der Waals surface area contributed by atoms with Crippen molar-refractivity contribution in [2.75, 3.05) is 13.6 Å². The van der Waals surface area contributed by atoms with Gasteiger partial charge in [0.15, 0.2) is 0 Å². The smallest absolute Gasteiger partial charge is 0.0598 e. The molecule has 0 aliphatic heterocycles. The lowest BCUT2D eigenvalue weighted by Crippen LogP contribution is -2.33. The molecular formula is C22H30ClNOS. The van der Waals surface area contributed by atoms with Crippen LogP contribution in [0.25, 0.3) is 0 Å². The number of aryl methyl sites for hydroxylation is 2. The van der Waals surface area contributed by atoms with E-state index in [1.807, 2.05) is 17.4 Å². The summed E-state index contributed by atoms with van der Waals surface area (Å²) in [4.78, 5) is 5.17. The molecule has 1 fully saturated rings. The largest absolute Gasteiger partial charge is 0.393 e. The van der Waals surface area contributed by atoms with Crippen LogP contribution in [0.2, 0.25) is 0 Å². The number of rotatable bonds is 8. The summed E-state index contributed by atoms with van der Waals surface area (Å²) in [7, 11) is 2.15. The van der Waals surface area contributed by atoms with Gasteiger partial charge in [-0.2, -0.15) is 0 Å². The minimum Gasteiger partial charge on any atom is -0.393 e. The molecule has 2 nitrogen and oxygen atoms in total. The minimum absolute atomic E-state index is 0.102. The summed E-state index contributed by atoms with van der Waals surface area (Å²) in [6.07, 6.45) is 3.84. The molecule has 2 aromatic rings. The molecule has 3 rings (SSSR count). The van der Waals surface area contributed by atoms with Crippen LogP contribution < -0.4 is 0 Å². The Labute approximate surface area is 166 Å². The summed E-state index contributed by atoms with van der Waals surface area (Å²) in [6.45, 7) is 3.98. The van der Waals surface area contributed by atoms with Crippen molar-refractivity contribution in [1.82, 2.24) is 4.90 Å². The second-order valence-corrected chi connectivity index (χ2v) is 9.67. The van der Waals surface area contributed by atoms with Crippen molar-refractivity contribution in [1.29, 1.82) is 0 Å². The fourth-order valence-electron chi connectivity index (χ4n) is 4.24.